The third kappa shape index (κ3) is 4.73. The Hall–Kier alpha value is -3.29. The molecule has 0 radical (unpaired) electrons. The number of hydrogen-bond acceptors (Lipinski definition) is 5. The fourth-order valence-corrected chi connectivity index (χ4v) is 4.20. The molecule has 1 unspecified atom stereocenters. The first-order valence-corrected chi connectivity index (χ1v) is 10.5. The lowest BCUT2D eigenvalue weighted by Gasteiger charge is -2.34. The van der Waals surface area contributed by atoms with Gasteiger partial charge in [-0.15, -0.1) is 0 Å². The number of nitrogens with one attached hydrogen (secondary N) is 1. The summed E-state index contributed by atoms with van der Waals surface area (Å²) in [5.74, 6) is -1.78. The van der Waals surface area contributed by atoms with E-state index < -0.39 is 12.0 Å². The van der Waals surface area contributed by atoms with Crippen LogP contribution in [0.2, 0.25) is 0 Å². The maximum absolute atomic E-state index is 13.0. The van der Waals surface area contributed by atoms with Crippen molar-refractivity contribution in [2.75, 3.05) is 37.6 Å². The van der Waals surface area contributed by atoms with Gasteiger partial charge in [0.1, 0.15) is 0 Å². The lowest BCUT2D eigenvalue weighted by molar-refractivity contribution is -0.898. The number of amides is 2. The molecule has 2 saturated heterocycles. The highest BCUT2D eigenvalue weighted by Crippen LogP contribution is 2.26. The van der Waals surface area contributed by atoms with E-state index in [1.54, 1.807) is 0 Å². The zero-order valence-corrected chi connectivity index (χ0v) is 17.2. The Kier molecular flexibility index (Phi) is 6.25. The normalized spacial score (nSPS) is 20.6. The summed E-state index contributed by atoms with van der Waals surface area (Å²) in [5.41, 5.74) is 1.60. The number of quaternary nitrogens is 1. The van der Waals surface area contributed by atoms with Gasteiger partial charge in [0.15, 0.2) is 0 Å². The third-order valence-electron chi connectivity index (χ3n) is 5.95. The minimum absolute atomic E-state index is 0.0137. The number of rotatable bonds is 6. The van der Waals surface area contributed by atoms with Gasteiger partial charge in [-0.3, -0.25) is 14.5 Å². The number of aromatic carboxylic acids is 1. The van der Waals surface area contributed by atoms with E-state index in [0.717, 1.165) is 32.7 Å². The monoisotopic (exact) mass is 419 g/mol. The van der Waals surface area contributed by atoms with Crippen molar-refractivity contribution < 1.29 is 24.4 Å². The number of anilines is 1. The summed E-state index contributed by atoms with van der Waals surface area (Å²) >= 11 is 0. The van der Waals surface area contributed by atoms with Gasteiger partial charge in [-0.05, 0) is 29.3 Å². The molecule has 7 nitrogen and oxygen atoms in total. The van der Waals surface area contributed by atoms with Crippen LogP contribution >= 0.6 is 0 Å². The number of carbonyl (C=O) groups is 3. The van der Waals surface area contributed by atoms with Crippen LogP contribution < -0.4 is 14.9 Å². The maximum Gasteiger partial charge on any atom is 0.251 e. The predicted molar refractivity (Wildman–Crippen MR) is 114 cm³/mol. The second kappa shape index (κ2) is 9.24. The molecule has 0 saturated carbocycles. The van der Waals surface area contributed by atoms with Crippen LogP contribution in [0.4, 0.5) is 5.69 Å². The van der Waals surface area contributed by atoms with Crippen molar-refractivity contribution in [2.45, 2.75) is 12.5 Å². The summed E-state index contributed by atoms with van der Waals surface area (Å²) < 4.78 is 0. The zero-order chi connectivity index (χ0) is 21.8. The quantitative estimate of drug-likeness (QED) is 0.644. The Morgan fingerprint density at radius 3 is 2.35 bits per heavy atom. The van der Waals surface area contributed by atoms with Gasteiger partial charge in [-0.25, -0.2) is 4.90 Å². The minimum atomic E-state index is -1.29. The number of benzene rings is 2. The van der Waals surface area contributed by atoms with Crippen LogP contribution in [0.1, 0.15) is 22.3 Å². The number of nitrogens with zero attached hydrogens (tertiary/aromatic N) is 2. The van der Waals surface area contributed by atoms with E-state index in [2.05, 4.69) is 29.2 Å². The van der Waals surface area contributed by atoms with Gasteiger partial charge in [-0.1, -0.05) is 48.5 Å². The van der Waals surface area contributed by atoms with Crippen molar-refractivity contribution >= 4 is 29.5 Å². The lowest BCUT2D eigenvalue weighted by Crippen LogP contribution is -3.14. The fraction of sp³-hybridized carbons (Fsp3) is 0.292. The van der Waals surface area contributed by atoms with Gasteiger partial charge in [0.05, 0.1) is 43.8 Å². The lowest BCUT2D eigenvalue weighted by atomic mass is 10.1. The summed E-state index contributed by atoms with van der Waals surface area (Å²) in [6.45, 7) is 4.28. The van der Waals surface area contributed by atoms with Crippen LogP contribution in [0.15, 0.2) is 60.7 Å². The second-order valence-corrected chi connectivity index (χ2v) is 7.92. The molecule has 2 fully saturated rings. The van der Waals surface area contributed by atoms with Crippen LogP contribution in [0.3, 0.4) is 0 Å². The van der Waals surface area contributed by atoms with Crippen LogP contribution in [0, 0.1) is 0 Å². The van der Waals surface area contributed by atoms with Crippen molar-refractivity contribution in [2.24, 2.45) is 0 Å². The predicted octanol–water partition coefficient (Wildman–Crippen LogP) is -0.404. The number of imide groups is 1. The third-order valence-corrected chi connectivity index (χ3v) is 5.95. The van der Waals surface area contributed by atoms with E-state index in [0.29, 0.717) is 5.69 Å². The van der Waals surface area contributed by atoms with Gasteiger partial charge < -0.3 is 14.8 Å². The SMILES string of the molecule is O=C([O-])c1ccc(N2C(=O)CC(N3CC[NH+](CC=Cc4ccccc4)CC3)C2=O)cc1. The van der Waals surface area contributed by atoms with Gasteiger partial charge >= 0.3 is 0 Å². The molecule has 0 aromatic heterocycles. The topological polar surface area (TPSA) is 85.2 Å². The van der Waals surface area contributed by atoms with Gasteiger partial charge in [-0.2, -0.15) is 0 Å². The van der Waals surface area contributed by atoms with Crippen molar-refractivity contribution in [3.05, 3.63) is 71.8 Å². The van der Waals surface area contributed by atoms with Crippen LogP contribution in [-0.2, 0) is 9.59 Å². The van der Waals surface area contributed by atoms with Crippen molar-refractivity contribution in [1.29, 1.82) is 0 Å². The zero-order valence-electron chi connectivity index (χ0n) is 17.2. The molecule has 4 rings (SSSR count). The molecule has 1 atom stereocenters. The molecule has 2 aromatic carbocycles. The highest BCUT2D eigenvalue weighted by atomic mass is 16.4. The average Bonchev–Trinajstić information content (AvgIpc) is 3.09. The molecule has 0 spiro atoms. The summed E-state index contributed by atoms with van der Waals surface area (Å²) in [6.07, 6.45) is 4.47. The Morgan fingerprint density at radius 2 is 1.71 bits per heavy atom. The van der Waals surface area contributed by atoms with Gasteiger partial charge in [0, 0.05) is 13.1 Å². The second-order valence-electron chi connectivity index (χ2n) is 7.92. The Bertz CT molecular complexity index is 980. The summed E-state index contributed by atoms with van der Waals surface area (Å²) in [5, 5.41) is 10.9. The molecule has 31 heavy (non-hydrogen) atoms. The molecule has 7 heteroatoms. The number of piperazine rings is 1. The molecule has 2 amide bonds. The molecular weight excluding hydrogens is 394 g/mol. The molecule has 2 heterocycles. The average molecular weight is 419 g/mol. The molecule has 0 bridgehead atoms. The fourth-order valence-electron chi connectivity index (χ4n) is 4.20. The van der Waals surface area contributed by atoms with Gasteiger partial charge in [0.25, 0.3) is 5.91 Å². The minimum Gasteiger partial charge on any atom is -0.545 e. The Morgan fingerprint density at radius 1 is 1.03 bits per heavy atom. The highest BCUT2D eigenvalue weighted by molar-refractivity contribution is 6.22. The number of carboxylic acids is 1. The molecule has 2 aliphatic heterocycles. The smallest absolute Gasteiger partial charge is 0.251 e. The standard InChI is InChI=1S/C24H25N3O4/c28-22-17-21(23(29)27(22)20-10-8-19(9-11-20)24(30)31)26-15-13-25(14-16-26)12-4-7-18-5-2-1-3-6-18/h1-11,21H,12-17H2,(H,30,31). The van der Waals surface area contributed by atoms with E-state index in [1.807, 2.05) is 18.2 Å². The Balaban J connectivity index is 1.32. The summed E-state index contributed by atoms with van der Waals surface area (Å²) in [6, 6.07) is 15.4. The van der Waals surface area contributed by atoms with Crippen LogP contribution in [0.25, 0.3) is 6.08 Å². The van der Waals surface area contributed by atoms with E-state index >= 15 is 0 Å². The van der Waals surface area contributed by atoms with Crippen LogP contribution in [-0.4, -0.2) is 61.4 Å². The number of hydrogen-bond donors (Lipinski definition) is 1. The number of carbonyl (C=O) groups excluding carboxylic acids is 3. The maximum atomic E-state index is 13.0. The molecule has 1 N–H and O–H groups in total. The van der Waals surface area contributed by atoms with Gasteiger partial charge in [0.2, 0.25) is 5.91 Å². The van der Waals surface area contributed by atoms with E-state index in [-0.39, 0.29) is 23.8 Å². The molecule has 160 valence electrons. The number of carboxylic acid groups (broad SMARTS) is 1. The summed E-state index contributed by atoms with van der Waals surface area (Å²) in [7, 11) is 0. The van der Waals surface area contributed by atoms with E-state index in [4.69, 9.17) is 0 Å². The summed E-state index contributed by atoms with van der Waals surface area (Å²) in [4.78, 5) is 41.1. The first-order chi connectivity index (χ1) is 15.0. The first kappa shape index (κ1) is 21.0. The molecular formula is C24H25N3O4. The van der Waals surface area contributed by atoms with E-state index in [1.165, 1.54) is 39.6 Å². The van der Waals surface area contributed by atoms with Crippen molar-refractivity contribution in [1.82, 2.24) is 4.90 Å². The van der Waals surface area contributed by atoms with Crippen molar-refractivity contribution in [3.63, 3.8) is 0 Å². The molecule has 2 aromatic rings. The molecule has 0 aliphatic carbocycles. The highest BCUT2D eigenvalue weighted by Gasteiger charge is 2.43. The molecule has 2 aliphatic rings. The largest absolute Gasteiger partial charge is 0.545 e. The van der Waals surface area contributed by atoms with E-state index in [9.17, 15) is 19.5 Å². The Labute approximate surface area is 181 Å². The van der Waals surface area contributed by atoms with Crippen molar-refractivity contribution in [3.8, 4) is 0 Å². The first-order valence-electron chi connectivity index (χ1n) is 10.5. The van der Waals surface area contributed by atoms with Crippen LogP contribution in [0.5, 0.6) is 0 Å².